The van der Waals surface area contributed by atoms with E-state index in [1.165, 1.54) is 11.7 Å². The first-order chi connectivity index (χ1) is 12.2. The highest BCUT2D eigenvalue weighted by molar-refractivity contribution is 7.88. The molecule has 5 heteroatoms. The van der Waals surface area contributed by atoms with Crippen LogP contribution in [0, 0.1) is 6.92 Å². The Morgan fingerprint density at radius 1 is 1.08 bits per heavy atom. The molecule has 132 valence electrons. The van der Waals surface area contributed by atoms with E-state index in [0.29, 0.717) is 11.5 Å². The Balaban J connectivity index is 1.80. The summed E-state index contributed by atoms with van der Waals surface area (Å²) in [7, 11) is -1.28. The fourth-order valence-electron chi connectivity index (χ4n) is 2.10. The third-order valence-corrected chi connectivity index (χ3v) is 4.57. The van der Waals surface area contributed by atoms with Crippen LogP contribution in [0.15, 0.2) is 71.2 Å². The van der Waals surface area contributed by atoms with E-state index in [0.717, 1.165) is 17.4 Å². The molecule has 2 atom stereocenters. The van der Waals surface area contributed by atoms with Crippen LogP contribution in [0.25, 0.3) is 0 Å². The fourth-order valence-corrected chi connectivity index (χ4v) is 2.82. The van der Waals surface area contributed by atoms with Gasteiger partial charge in [-0.2, -0.15) is 0 Å². The predicted molar refractivity (Wildman–Crippen MR) is 98.4 cm³/mol. The van der Waals surface area contributed by atoms with Crippen molar-refractivity contribution in [2.45, 2.75) is 31.0 Å². The van der Waals surface area contributed by atoms with Crippen LogP contribution < -0.4 is 0 Å². The van der Waals surface area contributed by atoms with Gasteiger partial charge in [0, 0.05) is 16.7 Å². The molecule has 0 heterocycles. The summed E-state index contributed by atoms with van der Waals surface area (Å²) >= 11 is 0. The molecule has 0 N–H and O–H groups in total. The first-order valence-electron chi connectivity index (χ1n) is 8.03. The highest BCUT2D eigenvalue weighted by atomic mass is 32.2. The van der Waals surface area contributed by atoms with Crippen molar-refractivity contribution in [2.24, 2.45) is 0 Å². The summed E-state index contributed by atoms with van der Waals surface area (Å²) in [5.74, 6) is 0. The highest BCUT2D eigenvalue weighted by Gasteiger charge is 2.08. The van der Waals surface area contributed by atoms with Crippen molar-refractivity contribution in [3.63, 3.8) is 0 Å². The van der Waals surface area contributed by atoms with Gasteiger partial charge in [0.2, 0.25) is 0 Å². The van der Waals surface area contributed by atoms with Crippen LogP contribution in [0.1, 0.15) is 17.5 Å². The maximum Gasteiger partial charge on any atom is 0.128 e. The minimum Gasteiger partial charge on any atom is -0.495 e. The van der Waals surface area contributed by atoms with Gasteiger partial charge in [0.15, 0.2) is 0 Å². The van der Waals surface area contributed by atoms with E-state index in [1.54, 1.807) is 0 Å². The molecular formula is C20H22O4S. The summed E-state index contributed by atoms with van der Waals surface area (Å²) in [4.78, 5) is 11.5. The standard InChI is InChI=1S/C20H22O4S/c1-17-7-9-20(10-8-17)25(22)14-13-24-19(11-12-21)16-23-15-18-5-3-2-4-6-18/h2-10,12-14,19H,11,15-16H2,1H3/b14-13+/t19-,25-/m0/s1. The molecule has 0 spiro atoms. The zero-order chi connectivity index (χ0) is 17.9. The van der Waals surface area contributed by atoms with Gasteiger partial charge in [0.1, 0.15) is 12.4 Å². The summed E-state index contributed by atoms with van der Waals surface area (Å²) < 4.78 is 23.2. The van der Waals surface area contributed by atoms with E-state index < -0.39 is 16.9 Å². The van der Waals surface area contributed by atoms with Crippen molar-refractivity contribution >= 4 is 17.1 Å². The van der Waals surface area contributed by atoms with Gasteiger partial charge < -0.3 is 14.3 Å². The third-order valence-electron chi connectivity index (χ3n) is 3.48. The molecule has 0 bridgehead atoms. The van der Waals surface area contributed by atoms with Gasteiger partial charge in [-0.25, -0.2) is 4.21 Å². The topological polar surface area (TPSA) is 52.6 Å². The highest BCUT2D eigenvalue weighted by Crippen LogP contribution is 2.10. The first-order valence-corrected chi connectivity index (χ1v) is 9.25. The molecular weight excluding hydrogens is 336 g/mol. The normalized spacial score (nSPS) is 13.5. The number of hydrogen-bond acceptors (Lipinski definition) is 4. The van der Waals surface area contributed by atoms with Gasteiger partial charge in [0.25, 0.3) is 0 Å². The second kappa shape index (κ2) is 10.6. The van der Waals surface area contributed by atoms with Crippen LogP contribution in [-0.4, -0.2) is 23.2 Å². The van der Waals surface area contributed by atoms with Crippen LogP contribution in [0.2, 0.25) is 0 Å². The van der Waals surface area contributed by atoms with Gasteiger partial charge in [-0.3, -0.25) is 0 Å². The minimum absolute atomic E-state index is 0.219. The molecule has 2 aromatic carbocycles. The average molecular weight is 358 g/mol. The molecule has 0 radical (unpaired) electrons. The number of hydrogen-bond donors (Lipinski definition) is 0. The summed E-state index contributed by atoms with van der Waals surface area (Å²) in [6.45, 7) is 2.72. The summed E-state index contributed by atoms with van der Waals surface area (Å²) in [5, 5.41) is 1.47. The second-order valence-electron chi connectivity index (χ2n) is 5.54. The van der Waals surface area contributed by atoms with Crippen molar-refractivity contribution in [1.29, 1.82) is 0 Å². The van der Waals surface area contributed by atoms with Gasteiger partial charge in [-0.1, -0.05) is 48.0 Å². The Morgan fingerprint density at radius 2 is 1.80 bits per heavy atom. The van der Waals surface area contributed by atoms with E-state index in [-0.39, 0.29) is 13.0 Å². The van der Waals surface area contributed by atoms with E-state index >= 15 is 0 Å². The van der Waals surface area contributed by atoms with E-state index in [1.807, 2.05) is 61.5 Å². The molecule has 0 saturated heterocycles. The Kier molecular flexibility index (Phi) is 8.09. The lowest BCUT2D eigenvalue weighted by Gasteiger charge is -2.14. The van der Waals surface area contributed by atoms with Crippen molar-refractivity contribution in [3.05, 3.63) is 77.4 Å². The zero-order valence-electron chi connectivity index (χ0n) is 14.2. The number of aryl methyl sites for hydroxylation is 1. The first kappa shape index (κ1) is 19.1. The lowest BCUT2D eigenvalue weighted by Crippen LogP contribution is -2.18. The third kappa shape index (κ3) is 7.03. The largest absolute Gasteiger partial charge is 0.495 e. The number of rotatable bonds is 10. The molecule has 0 saturated carbocycles. The van der Waals surface area contributed by atoms with Crippen LogP contribution >= 0.6 is 0 Å². The molecule has 0 amide bonds. The van der Waals surface area contributed by atoms with Crippen molar-refractivity contribution in [1.82, 2.24) is 0 Å². The molecule has 4 nitrogen and oxygen atoms in total. The average Bonchev–Trinajstić information content (AvgIpc) is 2.63. The molecule has 25 heavy (non-hydrogen) atoms. The number of carbonyl (C=O) groups excluding carboxylic acids is 1. The van der Waals surface area contributed by atoms with Gasteiger partial charge in [-0.15, -0.1) is 0 Å². The Bertz CT molecular complexity index is 695. The number of ether oxygens (including phenoxy) is 2. The van der Waals surface area contributed by atoms with Crippen LogP contribution in [0.5, 0.6) is 0 Å². The van der Waals surface area contributed by atoms with Crippen LogP contribution in [0.4, 0.5) is 0 Å². The van der Waals surface area contributed by atoms with Crippen LogP contribution in [-0.2, 0) is 31.7 Å². The monoisotopic (exact) mass is 358 g/mol. The zero-order valence-corrected chi connectivity index (χ0v) is 15.0. The van der Waals surface area contributed by atoms with E-state index in [2.05, 4.69) is 0 Å². The van der Waals surface area contributed by atoms with E-state index in [9.17, 15) is 9.00 Å². The fraction of sp³-hybridized carbons (Fsp3) is 0.250. The summed E-state index contributed by atoms with van der Waals surface area (Å²) in [6, 6.07) is 17.2. The van der Waals surface area contributed by atoms with E-state index in [4.69, 9.17) is 9.47 Å². The quantitative estimate of drug-likeness (QED) is 0.479. The summed E-state index contributed by atoms with van der Waals surface area (Å²) in [6.07, 6.45) is 2.00. The summed E-state index contributed by atoms with van der Waals surface area (Å²) in [5.41, 5.74) is 2.17. The molecule has 0 aliphatic rings. The maximum absolute atomic E-state index is 12.1. The molecule has 0 aliphatic carbocycles. The minimum atomic E-state index is -1.28. The van der Waals surface area contributed by atoms with Gasteiger partial charge in [-0.05, 0) is 24.6 Å². The van der Waals surface area contributed by atoms with Crippen molar-refractivity contribution in [3.8, 4) is 0 Å². The molecule has 0 unspecified atom stereocenters. The smallest absolute Gasteiger partial charge is 0.128 e. The molecule has 2 aromatic rings. The molecule has 2 rings (SSSR count). The Morgan fingerprint density at radius 3 is 2.48 bits per heavy atom. The predicted octanol–water partition coefficient (Wildman–Crippen LogP) is 3.76. The maximum atomic E-state index is 12.1. The molecule has 0 aliphatic heterocycles. The van der Waals surface area contributed by atoms with Crippen molar-refractivity contribution < 1.29 is 18.5 Å². The van der Waals surface area contributed by atoms with Gasteiger partial charge >= 0.3 is 0 Å². The number of benzene rings is 2. The Hall–Kier alpha value is -2.24. The number of carbonyl (C=O) groups is 1. The lowest BCUT2D eigenvalue weighted by atomic mass is 10.2. The molecule has 0 fully saturated rings. The number of aldehydes is 1. The SMILES string of the molecule is Cc1ccc([S@@](=O)/C=C/O[C@@H](CC=O)COCc2ccccc2)cc1. The molecule has 0 aromatic heterocycles. The van der Waals surface area contributed by atoms with Gasteiger partial charge in [0.05, 0.1) is 30.3 Å². The van der Waals surface area contributed by atoms with Crippen molar-refractivity contribution in [2.75, 3.05) is 6.61 Å². The lowest BCUT2D eigenvalue weighted by molar-refractivity contribution is -0.110. The van der Waals surface area contributed by atoms with Crippen LogP contribution in [0.3, 0.4) is 0 Å². The second-order valence-corrected chi connectivity index (χ2v) is 6.88. The Labute approximate surface area is 150 Å².